The van der Waals surface area contributed by atoms with E-state index >= 15 is 0 Å². The summed E-state index contributed by atoms with van der Waals surface area (Å²) < 4.78 is 6.59. The zero-order chi connectivity index (χ0) is 16.6. The molecule has 0 fully saturated rings. The molecule has 0 radical (unpaired) electrons. The summed E-state index contributed by atoms with van der Waals surface area (Å²) in [6.45, 7) is 2.29. The third kappa shape index (κ3) is 4.87. The summed E-state index contributed by atoms with van der Waals surface area (Å²) in [5.74, 6) is 0. The van der Waals surface area contributed by atoms with Crippen molar-refractivity contribution in [2.45, 2.75) is 51.9 Å². The van der Waals surface area contributed by atoms with Gasteiger partial charge in [-0.2, -0.15) is 0 Å². The molecule has 2 heteroatoms. The van der Waals surface area contributed by atoms with E-state index in [9.17, 15) is 0 Å². The summed E-state index contributed by atoms with van der Waals surface area (Å²) in [6, 6.07) is 20.2. The molecule has 3 aromatic rings. The predicted octanol–water partition coefficient (Wildman–Crippen LogP) is 4.45. The van der Waals surface area contributed by atoms with Gasteiger partial charge in [-0.1, -0.05) is 0 Å². The fraction of sp³-hybridized carbons (Fsp3) is 0.364. The van der Waals surface area contributed by atoms with Gasteiger partial charge in [0.1, 0.15) is 0 Å². The van der Waals surface area contributed by atoms with E-state index in [0.29, 0.717) is 29.5 Å². The third-order valence-electron chi connectivity index (χ3n) is 4.34. The first-order valence-corrected chi connectivity index (χ1v) is 12.5. The second-order valence-electron chi connectivity index (χ2n) is 6.28. The standard InChI is InChI=1S/C22H26Se2/c1-2-3-4-5-6-10-17-21-22(23-18-13-8-7-9-14-18)19-15-11-12-16-20(19)24-21/h7-9,11-16H,2-6,10,17H2,1H3. The van der Waals surface area contributed by atoms with E-state index in [1.807, 2.05) is 0 Å². The van der Waals surface area contributed by atoms with Crippen molar-refractivity contribution in [3.63, 3.8) is 0 Å². The fourth-order valence-corrected chi connectivity index (χ4v) is 8.82. The Kier molecular flexibility index (Phi) is 7.24. The van der Waals surface area contributed by atoms with E-state index in [0.717, 1.165) is 0 Å². The van der Waals surface area contributed by atoms with Crippen molar-refractivity contribution < 1.29 is 0 Å². The zero-order valence-electron chi connectivity index (χ0n) is 14.5. The van der Waals surface area contributed by atoms with Crippen LogP contribution in [0.1, 0.15) is 49.9 Å². The number of benzene rings is 2. The van der Waals surface area contributed by atoms with Gasteiger partial charge in [0.05, 0.1) is 0 Å². The van der Waals surface area contributed by atoms with Crippen LogP contribution in [0.3, 0.4) is 0 Å². The SMILES string of the molecule is CCCCCCCCc1[se]c2ccccc2c1[Se]c1ccccc1. The molecule has 0 saturated carbocycles. The maximum absolute atomic E-state index is 2.35. The predicted molar refractivity (Wildman–Crippen MR) is 109 cm³/mol. The monoisotopic (exact) mass is 450 g/mol. The molecule has 0 amide bonds. The molecule has 0 aliphatic carbocycles. The van der Waals surface area contributed by atoms with Gasteiger partial charge in [0, 0.05) is 0 Å². The summed E-state index contributed by atoms with van der Waals surface area (Å²) >= 11 is 1.01. The topological polar surface area (TPSA) is 0 Å². The molecule has 1 heterocycles. The van der Waals surface area contributed by atoms with Gasteiger partial charge in [0.25, 0.3) is 0 Å². The second kappa shape index (κ2) is 9.64. The van der Waals surface area contributed by atoms with Crippen LogP contribution < -0.4 is 8.92 Å². The van der Waals surface area contributed by atoms with Crippen molar-refractivity contribution in [1.82, 2.24) is 0 Å². The number of aryl methyl sites for hydroxylation is 1. The van der Waals surface area contributed by atoms with E-state index in [2.05, 4.69) is 61.5 Å². The van der Waals surface area contributed by atoms with Gasteiger partial charge in [-0.05, 0) is 0 Å². The van der Waals surface area contributed by atoms with Gasteiger partial charge in [-0.15, -0.1) is 0 Å². The van der Waals surface area contributed by atoms with E-state index in [-0.39, 0.29) is 0 Å². The molecule has 0 saturated heterocycles. The number of hydrogen-bond donors (Lipinski definition) is 0. The molecule has 0 spiro atoms. The average Bonchev–Trinajstić information content (AvgIpc) is 2.97. The van der Waals surface area contributed by atoms with Gasteiger partial charge in [0.15, 0.2) is 0 Å². The van der Waals surface area contributed by atoms with E-state index in [1.54, 1.807) is 18.5 Å². The van der Waals surface area contributed by atoms with E-state index in [4.69, 9.17) is 0 Å². The average molecular weight is 448 g/mol. The number of hydrogen-bond acceptors (Lipinski definition) is 0. The first-order chi connectivity index (χ1) is 11.9. The van der Waals surface area contributed by atoms with Gasteiger partial charge in [0.2, 0.25) is 0 Å². The van der Waals surface area contributed by atoms with Crippen molar-refractivity contribution in [3.8, 4) is 0 Å². The van der Waals surface area contributed by atoms with E-state index < -0.39 is 0 Å². The van der Waals surface area contributed by atoms with Crippen LogP contribution in [0.4, 0.5) is 0 Å². The minimum absolute atomic E-state index is 0.452. The maximum atomic E-state index is 2.35. The molecular weight excluding hydrogens is 422 g/mol. The van der Waals surface area contributed by atoms with Crippen LogP contribution in [-0.4, -0.2) is 29.5 Å². The third-order valence-corrected chi connectivity index (χ3v) is 10.0. The molecule has 126 valence electrons. The van der Waals surface area contributed by atoms with Gasteiger partial charge in [-0.3, -0.25) is 0 Å². The first kappa shape index (κ1) is 18.0. The molecule has 2 aromatic carbocycles. The molecule has 24 heavy (non-hydrogen) atoms. The van der Waals surface area contributed by atoms with Crippen molar-refractivity contribution in [3.05, 3.63) is 59.0 Å². The van der Waals surface area contributed by atoms with Crippen molar-refractivity contribution in [1.29, 1.82) is 0 Å². The Labute approximate surface area is 158 Å². The normalized spacial score (nSPS) is 11.2. The Morgan fingerprint density at radius 1 is 0.792 bits per heavy atom. The summed E-state index contributed by atoms with van der Waals surface area (Å²) in [6.07, 6.45) is 9.69. The van der Waals surface area contributed by atoms with Crippen LogP contribution in [0, 0.1) is 0 Å². The minimum atomic E-state index is 0.452. The molecule has 0 aliphatic heterocycles. The Hall–Kier alpha value is -0.781. The van der Waals surface area contributed by atoms with E-state index in [1.165, 1.54) is 49.4 Å². The van der Waals surface area contributed by atoms with Gasteiger partial charge in [-0.25, -0.2) is 0 Å². The second-order valence-corrected chi connectivity index (χ2v) is 10.9. The molecule has 0 aliphatic rings. The number of unbranched alkanes of at least 4 members (excludes halogenated alkanes) is 5. The summed E-state index contributed by atoms with van der Waals surface area (Å²) in [7, 11) is 0. The van der Waals surface area contributed by atoms with Gasteiger partial charge < -0.3 is 0 Å². The quantitative estimate of drug-likeness (QED) is 0.335. The number of rotatable bonds is 9. The molecule has 0 nitrogen and oxygen atoms in total. The molecule has 3 rings (SSSR count). The first-order valence-electron chi connectivity index (χ1n) is 9.12. The zero-order valence-corrected chi connectivity index (χ0v) is 17.9. The van der Waals surface area contributed by atoms with Crippen LogP contribution in [0.5, 0.6) is 0 Å². The fourth-order valence-electron chi connectivity index (χ4n) is 3.02. The summed E-state index contributed by atoms with van der Waals surface area (Å²) in [4.78, 5) is 0. The number of fused-ring (bicyclic) bond motifs is 1. The Bertz CT molecular complexity index is 743. The summed E-state index contributed by atoms with van der Waals surface area (Å²) in [5.41, 5.74) is 0. The summed E-state index contributed by atoms with van der Waals surface area (Å²) in [5, 5.41) is 1.56. The van der Waals surface area contributed by atoms with Crippen LogP contribution >= 0.6 is 0 Å². The van der Waals surface area contributed by atoms with Crippen LogP contribution in [-0.2, 0) is 6.42 Å². The molecule has 0 atom stereocenters. The van der Waals surface area contributed by atoms with Gasteiger partial charge >= 0.3 is 159 Å². The molecule has 0 bridgehead atoms. The Morgan fingerprint density at radius 3 is 2.33 bits per heavy atom. The molecule has 0 unspecified atom stereocenters. The van der Waals surface area contributed by atoms with Crippen molar-refractivity contribution >= 4 is 48.0 Å². The van der Waals surface area contributed by atoms with Crippen molar-refractivity contribution in [2.24, 2.45) is 0 Å². The van der Waals surface area contributed by atoms with Crippen LogP contribution in [0.2, 0.25) is 0 Å². The van der Waals surface area contributed by atoms with Crippen molar-refractivity contribution in [2.75, 3.05) is 0 Å². The van der Waals surface area contributed by atoms with Crippen LogP contribution in [0.25, 0.3) is 9.65 Å². The Balaban J connectivity index is 1.73. The molecule has 1 aromatic heterocycles. The molecule has 0 N–H and O–H groups in total. The molecular formula is C22H26Se2. The Morgan fingerprint density at radius 2 is 1.50 bits per heavy atom. The van der Waals surface area contributed by atoms with Crippen LogP contribution in [0.15, 0.2) is 54.6 Å².